The molecule has 1 atom stereocenters. The minimum Gasteiger partial charge on any atom is -0.340 e. The maximum absolute atomic E-state index is 12.4. The molecule has 2 aromatic rings. The molecule has 128 valence electrons. The zero-order valence-electron chi connectivity index (χ0n) is 13.7. The van der Waals surface area contributed by atoms with E-state index in [4.69, 9.17) is 16.1 Å². The van der Waals surface area contributed by atoms with E-state index in [9.17, 15) is 4.79 Å². The largest absolute Gasteiger partial charge is 0.340 e. The summed E-state index contributed by atoms with van der Waals surface area (Å²) in [5.41, 5.74) is 1.04. The molecular weight excluding hydrogens is 328 g/mol. The third-order valence-corrected chi connectivity index (χ3v) is 4.61. The molecule has 7 heteroatoms. The molecule has 0 spiro atoms. The van der Waals surface area contributed by atoms with Crippen LogP contribution in [0.25, 0.3) is 0 Å². The first kappa shape index (κ1) is 16.8. The van der Waals surface area contributed by atoms with Gasteiger partial charge in [-0.3, -0.25) is 0 Å². The van der Waals surface area contributed by atoms with Gasteiger partial charge in [-0.2, -0.15) is 4.98 Å². The van der Waals surface area contributed by atoms with Crippen LogP contribution in [0, 0.1) is 6.92 Å². The van der Waals surface area contributed by atoms with E-state index in [1.54, 1.807) is 6.92 Å². The van der Waals surface area contributed by atoms with Crippen molar-refractivity contribution in [2.24, 2.45) is 0 Å². The summed E-state index contributed by atoms with van der Waals surface area (Å²) in [5.74, 6) is 1.40. The van der Waals surface area contributed by atoms with Gasteiger partial charge in [0, 0.05) is 37.5 Å². The highest BCUT2D eigenvalue weighted by atomic mass is 35.5. The number of hydrogen-bond donors (Lipinski definition) is 1. The van der Waals surface area contributed by atoms with Crippen LogP contribution in [-0.4, -0.2) is 40.7 Å². The Morgan fingerprint density at radius 3 is 3.04 bits per heavy atom. The van der Waals surface area contributed by atoms with Gasteiger partial charge in [0.25, 0.3) is 0 Å². The van der Waals surface area contributed by atoms with Crippen LogP contribution in [0.1, 0.15) is 36.0 Å². The molecule has 1 aliphatic heterocycles. The number of carbonyl (C=O) groups excluding carboxylic acids is 1. The van der Waals surface area contributed by atoms with Crippen molar-refractivity contribution in [1.82, 2.24) is 20.4 Å². The van der Waals surface area contributed by atoms with Gasteiger partial charge < -0.3 is 14.7 Å². The van der Waals surface area contributed by atoms with Gasteiger partial charge in [0.15, 0.2) is 5.82 Å². The lowest BCUT2D eigenvalue weighted by Crippen LogP contribution is -2.45. The number of urea groups is 1. The molecule has 1 saturated heterocycles. The fourth-order valence-corrected chi connectivity index (χ4v) is 3.20. The van der Waals surface area contributed by atoms with E-state index in [2.05, 4.69) is 15.5 Å². The first-order chi connectivity index (χ1) is 11.6. The van der Waals surface area contributed by atoms with E-state index in [0.717, 1.165) is 30.0 Å². The van der Waals surface area contributed by atoms with Crippen molar-refractivity contribution in [3.63, 3.8) is 0 Å². The number of amides is 2. The zero-order chi connectivity index (χ0) is 16.9. The Bertz CT molecular complexity index is 703. The second-order valence-corrected chi connectivity index (χ2v) is 6.44. The molecule has 1 fully saturated rings. The van der Waals surface area contributed by atoms with E-state index in [-0.39, 0.29) is 11.9 Å². The molecular formula is C17H21ClN4O2. The Kier molecular flexibility index (Phi) is 5.35. The van der Waals surface area contributed by atoms with Gasteiger partial charge in [-0.15, -0.1) is 0 Å². The molecule has 0 saturated carbocycles. The molecule has 1 aromatic carbocycles. The first-order valence-corrected chi connectivity index (χ1v) is 8.57. The van der Waals surface area contributed by atoms with E-state index in [1.807, 2.05) is 29.2 Å². The average Bonchev–Trinajstić information content (AvgIpc) is 3.03. The maximum atomic E-state index is 12.4. The Balaban J connectivity index is 1.50. The standard InChI is InChI=1S/C17H21ClN4O2/c1-12-20-16(21-24-12)14-6-4-10-22(11-14)17(23)19-9-8-13-5-2-3-7-15(13)18/h2-3,5,7,14H,4,6,8-11H2,1H3,(H,19,23). The molecule has 0 radical (unpaired) electrons. The predicted molar refractivity (Wildman–Crippen MR) is 91.1 cm³/mol. The van der Waals surface area contributed by atoms with E-state index in [0.29, 0.717) is 31.2 Å². The molecule has 2 amide bonds. The fraction of sp³-hybridized carbons (Fsp3) is 0.471. The molecule has 2 heterocycles. The summed E-state index contributed by atoms with van der Waals surface area (Å²) < 4.78 is 5.05. The van der Waals surface area contributed by atoms with Gasteiger partial charge in [0.05, 0.1) is 0 Å². The van der Waals surface area contributed by atoms with Gasteiger partial charge in [0.1, 0.15) is 0 Å². The SMILES string of the molecule is Cc1nc(C2CCCN(C(=O)NCCc3ccccc3Cl)C2)no1. The molecule has 24 heavy (non-hydrogen) atoms. The van der Waals surface area contributed by atoms with Crippen molar-refractivity contribution in [3.05, 3.63) is 46.6 Å². The number of piperidine rings is 1. The summed E-state index contributed by atoms with van der Waals surface area (Å²) in [4.78, 5) is 18.5. The third-order valence-electron chi connectivity index (χ3n) is 4.25. The molecule has 1 aromatic heterocycles. The summed E-state index contributed by atoms with van der Waals surface area (Å²) in [6, 6.07) is 7.64. The highest BCUT2D eigenvalue weighted by Crippen LogP contribution is 2.24. The zero-order valence-corrected chi connectivity index (χ0v) is 14.4. The quantitative estimate of drug-likeness (QED) is 0.921. The number of nitrogens with zero attached hydrogens (tertiary/aromatic N) is 3. The highest BCUT2D eigenvalue weighted by molar-refractivity contribution is 6.31. The monoisotopic (exact) mass is 348 g/mol. The molecule has 6 nitrogen and oxygen atoms in total. The van der Waals surface area contributed by atoms with Crippen LogP contribution in [0.3, 0.4) is 0 Å². The average molecular weight is 349 g/mol. The van der Waals surface area contributed by atoms with E-state index in [1.165, 1.54) is 0 Å². The number of likely N-dealkylation sites (tertiary alicyclic amines) is 1. The Labute approximate surface area is 146 Å². The lowest BCUT2D eigenvalue weighted by Gasteiger charge is -2.31. The van der Waals surface area contributed by atoms with Crippen LogP contribution in [0.5, 0.6) is 0 Å². The van der Waals surface area contributed by atoms with Crippen molar-refractivity contribution >= 4 is 17.6 Å². The van der Waals surface area contributed by atoms with Crippen LogP contribution in [0.15, 0.2) is 28.8 Å². The number of halogens is 1. The number of aryl methyl sites for hydroxylation is 1. The number of rotatable bonds is 4. The van der Waals surface area contributed by atoms with E-state index >= 15 is 0 Å². The van der Waals surface area contributed by atoms with Crippen LogP contribution in [-0.2, 0) is 6.42 Å². The second kappa shape index (κ2) is 7.66. The molecule has 3 rings (SSSR count). The number of carbonyl (C=O) groups is 1. The lowest BCUT2D eigenvalue weighted by atomic mass is 9.98. The number of benzene rings is 1. The molecule has 0 bridgehead atoms. The van der Waals surface area contributed by atoms with Gasteiger partial charge >= 0.3 is 6.03 Å². The molecule has 1 aliphatic rings. The highest BCUT2D eigenvalue weighted by Gasteiger charge is 2.27. The van der Waals surface area contributed by atoms with Crippen LogP contribution < -0.4 is 5.32 Å². The molecule has 1 N–H and O–H groups in total. The van der Waals surface area contributed by atoms with Gasteiger partial charge in [-0.1, -0.05) is 35.0 Å². The van der Waals surface area contributed by atoms with Crippen molar-refractivity contribution < 1.29 is 9.32 Å². The topological polar surface area (TPSA) is 71.3 Å². The second-order valence-electron chi connectivity index (χ2n) is 6.03. The maximum Gasteiger partial charge on any atom is 0.317 e. The van der Waals surface area contributed by atoms with Crippen LogP contribution in [0.4, 0.5) is 4.79 Å². The number of hydrogen-bond acceptors (Lipinski definition) is 4. The lowest BCUT2D eigenvalue weighted by molar-refractivity contribution is 0.178. The fourth-order valence-electron chi connectivity index (χ4n) is 2.97. The number of aromatic nitrogens is 2. The Morgan fingerprint density at radius 1 is 1.46 bits per heavy atom. The summed E-state index contributed by atoms with van der Waals surface area (Å²) in [6.07, 6.45) is 2.63. The van der Waals surface area contributed by atoms with Gasteiger partial charge in [-0.05, 0) is 30.9 Å². The summed E-state index contributed by atoms with van der Waals surface area (Å²) in [6.45, 7) is 3.71. The molecule has 0 aliphatic carbocycles. The summed E-state index contributed by atoms with van der Waals surface area (Å²) in [7, 11) is 0. The minimum absolute atomic E-state index is 0.0491. The van der Waals surface area contributed by atoms with Crippen LogP contribution in [0.2, 0.25) is 5.02 Å². The Hall–Kier alpha value is -2.08. The van der Waals surface area contributed by atoms with Gasteiger partial charge in [0.2, 0.25) is 5.89 Å². The van der Waals surface area contributed by atoms with Gasteiger partial charge in [-0.25, -0.2) is 4.79 Å². The third kappa shape index (κ3) is 4.06. The summed E-state index contributed by atoms with van der Waals surface area (Å²) >= 11 is 6.13. The normalized spacial score (nSPS) is 17.8. The van der Waals surface area contributed by atoms with Crippen molar-refractivity contribution in [3.8, 4) is 0 Å². The van der Waals surface area contributed by atoms with Crippen molar-refractivity contribution in [2.45, 2.75) is 32.1 Å². The summed E-state index contributed by atoms with van der Waals surface area (Å²) in [5, 5.41) is 7.69. The molecule has 1 unspecified atom stereocenters. The predicted octanol–water partition coefficient (Wildman–Crippen LogP) is 3.16. The van der Waals surface area contributed by atoms with E-state index < -0.39 is 0 Å². The smallest absolute Gasteiger partial charge is 0.317 e. The van der Waals surface area contributed by atoms with Crippen LogP contribution >= 0.6 is 11.6 Å². The van der Waals surface area contributed by atoms with Crippen molar-refractivity contribution in [1.29, 1.82) is 0 Å². The first-order valence-electron chi connectivity index (χ1n) is 8.20. The minimum atomic E-state index is -0.0491. The number of nitrogens with one attached hydrogen (secondary N) is 1. The Morgan fingerprint density at radius 2 is 2.29 bits per heavy atom. The van der Waals surface area contributed by atoms with Crippen molar-refractivity contribution in [2.75, 3.05) is 19.6 Å².